The maximum absolute atomic E-state index is 6.07. The number of nitrogens with two attached hydrogens (primary N) is 1. The molecule has 1 fully saturated rings. The second-order valence-electron chi connectivity index (χ2n) is 6.44. The van der Waals surface area contributed by atoms with Crippen molar-refractivity contribution in [3.63, 3.8) is 0 Å². The minimum atomic E-state index is 0.501. The maximum atomic E-state index is 6.07. The van der Waals surface area contributed by atoms with E-state index in [4.69, 9.17) is 5.73 Å². The monoisotopic (exact) mass is 303 g/mol. The van der Waals surface area contributed by atoms with Crippen LogP contribution in [0.2, 0.25) is 0 Å². The Labute approximate surface area is 136 Å². The Bertz CT molecular complexity index is 877. The second-order valence-corrected chi connectivity index (χ2v) is 6.44. The van der Waals surface area contributed by atoms with Gasteiger partial charge in [0.05, 0.1) is 5.52 Å². The van der Waals surface area contributed by atoms with Gasteiger partial charge in [0.1, 0.15) is 5.52 Å². The van der Waals surface area contributed by atoms with Gasteiger partial charge in [-0.15, -0.1) is 0 Å². The van der Waals surface area contributed by atoms with Crippen molar-refractivity contribution >= 4 is 33.7 Å². The van der Waals surface area contributed by atoms with Gasteiger partial charge >= 0.3 is 0 Å². The highest BCUT2D eigenvalue weighted by Gasteiger charge is 2.10. The number of pyridine rings is 2. The van der Waals surface area contributed by atoms with Crippen LogP contribution in [-0.2, 0) is 0 Å². The van der Waals surface area contributed by atoms with Crippen LogP contribution in [0.3, 0.4) is 0 Å². The summed E-state index contributed by atoms with van der Waals surface area (Å²) < 4.78 is 0. The van der Waals surface area contributed by atoms with Gasteiger partial charge in [-0.3, -0.25) is 4.98 Å². The van der Waals surface area contributed by atoms with Crippen LogP contribution in [0.5, 0.6) is 0 Å². The first-order valence-electron chi connectivity index (χ1n) is 8.43. The van der Waals surface area contributed by atoms with Gasteiger partial charge in [-0.2, -0.15) is 0 Å². The van der Waals surface area contributed by atoms with E-state index < -0.39 is 0 Å². The molecule has 2 aromatic heterocycles. The molecule has 1 aliphatic carbocycles. The van der Waals surface area contributed by atoms with Gasteiger partial charge < -0.3 is 5.73 Å². The highest BCUT2D eigenvalue weighted by molar-refractivity contribution is 6.08. The summed E-state index contributed by atoms with van der Waals surface area (Å²) in [6.45, 7) is 0. The maximum Gasteiger partial charge on any atom is 0.150 e. The number of hydrogen-bond acceptors (Lipinski definition) is 3. The van der Waals surface area contributed by atoms with Gasteiger partial charge in [-0.25, -0.2) is 4.98 Å². The first kappa shape index (κ1) is 14.2. The lowest BCUT2D eigenvalue weighted by Crippen LogP contribution is -2.02. The molecule has 0 aliphatic heterocycles. The molecule has 116 valence electrons. The lowest BCUT2D eigenvalue weighted by Gasteiger charge is -2.17. The van der Waals surface area contributed by atoms with Crippen LogP contribution in [0.15, 0.2) is 42.6 Å². The second kappa shape index (κ2) is 5.99. The van der Waals surface area contributed by atoms with Gasteiger partial charge in [-0.1, -0.05) is 49.6 Å². The number of fused-ring (bicyclic) bond motifs is 3. The number of rotatable bonds is 2. The summed E-state index contributed by atoms with van der Waals surface area (Å²) in [4.78, 5) is 9.01. The van der Waals surface area contributed by atoms with Crippen molar-refractivity contribution < 1.29 is 0 Å². The van der Waals surface area contributed by atoms with Crippen LogP contribution in [0, 0.1) is 5.92 Å². The summed E-state index contributed by atoms with van der Waals surface area (Å²) in [6.07, 6.45) is 13.2. The largest absolute Gasteiger partial charge is 0.382 e. The van der Waals surface area contributed by atoms with Crippen LogP contribution >= 0.6 is 0 Å². The predicted molar refractivity (Wildman–Crippen MR) is 97.1 cm³/mol. The Hall–Kier alpha value is -2.42. The molecule has 2 N–H and O–H groups in total. The molecule has 2 heterocycles. The fourth-order valence-electron chi connectivity index (χ4n) is 3.54. The molecule has 0 atom stereocenters. The first-order valence-corrected chi connectivity index (χ1v) is 8.43. The molecule has 0 amide bonds. The van der Waals surface area contributed by atoms with Gasteiger partial charge in [0.25, 0.3) is 0 Å². The van der Waals surface area contributed by atoms with E-state index in [2.05, 4.69) is 34.3 Å². The van der Waals surface area contributed by atoms with Crippen molar-refractivity contribution in [3.05, 3.63) is 48.2 Å². The van der Waals surface area contributed by atoms with Crippen molar-refractivity contribution in [1.82, 2.24) is 9.97 Å². The summed E-state index contributed by atoms with van der Waals surface area (Å²) in [5, 5.41) is 2.19. The molecule has 0 saturated heterocycles. The number of para-hydroxylation sites is 1. The van der Waals surface area contributed by atoms with Crippen molar-refractivity contribution in [2.75, 3.05) is 5.73 Å². The van der Waals surface area contributed by atoms with Gasteiger partial charge in [-0.05, 0) is 36.5 Å². The summed E-state index contributed by atoms with van der Waals surface area (Å²) in [7, 11) is 0. The molecular weight excluding hydrogens is 282 g/mol. The van der Waals surface area contributed by atoms with Crippen LogP contribution in [0.1, 0.15) is 37.7 Å². The fraction of sp³-hybridized carbons (Fsp3) is 0.300. The number of anilines is 1. The topological polar surface area (TPSA) is 51.8 Å². The highest BCUT2D eigenvalue weighted by Crippen LogP contribution is 2.28. The van der Waals surface area contributed by atoms with Crippen LogP contribution < -0.4 is 5.73 Å². The molecule has 0 unspecified atom stereocenters. The number of nitrogens with zero attached hydrogens (tertiary/aromatic N) is 2. The van der Waals surface area contributed by atoms with E-state index in [1.807, 2.05) is 24.4 Å². The lowest BCUT2D eigenvalue weighted by molar-refractivity contribution is 0.420. The van der Waals surface area contributed by atoms with Gasteiger partial charge in [0.15, 0.2) is 5.82 Å². The number of allylic oxidation sites excluding steroid dienone is 1. The smallest absolute Gasteiger partial charge is 0.150 e. The summed E-state index contributed by atoms with van der Waals surface area (Å²) in [5.41, 5.74) is 8.92. The Balaban J connectivity index is 1.77. The van der Waals surface area contributed by atoms with Gasteiger partial charge in [0.2, 0.25) is 0 Å². The normalized spacial score (nSPS) is 16.5. The number of aromatic nitrogens is 2. The van der Waals surface area contributed by atoms with E-state index in [-0.39, 0.29) is 0 Å². The zero-order valence-corrected chi connectivity index (χ0v) is 13.2. The molecule has 4 rings (SSSR count). The van der Waals surface area contributed by atoms with E-state index >= 15 is 0 Å². The van der Waals surface area contributed by atoms with E-state index in [9.17, 15) is 0 Å². The lowest BCUT2D eigenvalue weighted by atomic mass is 9.89. The number of hydrogen-bond donors (Lipinski definition) is 1. The van der Waals surface area contributed by atoms with Crippen molar-refractivity contribution in [1.29, 1.82) is 0 Å². The first-order chi connectivity index (χ1) is 11.3. The SMILES string of the molecule is Nc1nc2ccccc2c2cc(/C=C/C3CCCCC3)cnc12. The molecule has 1 saturated carbocycles. The molecule has 23 heavy (non-hydrogen) atoms. The summed E-state index contributed by atoms with van der Waals surface area (Å²) in [5.74, 6) is 1.22. The van der Waals surface area contributed by atoms with Crippen LogP contribution in [0.25, 0.3) is 27.9 Å². The number of benzene rings is 1. The third kappa shape index (κ3) is 2.79. The fourth-order valence-corrected chi connectivity index (χ4v) is 3.54. The summed E-state index contributed by atoms with van der Waals surface area (Å²) >= 11 is 0. The predicted octanol–water partition coefficient (Wildman–Crippen LogP) is 4.96. The average Bonchev–Trinajstić information content (AvgIpc) is 2.61. The minimum absolute atomic E-state index is 0.501. The minimum Gasteiger partial charge on any atom is -0.382 e. The zero-order valence-electron chi connectivity index (χ0n) is 13.2. The molecule has 0 radical (unpaired) electrons. The summed E-state index contributed by atoms with van der Waals surface area (Å²) in [6, 6.07) is 10.3. The third-order valence-corrected chi connectivity index (χ3v) is 4.80. The molecule has 1 aromatic carbocycles. The molecule has 3 aromatic rings. The number of nitrogen functional groups attached to an aromatic ring is 1. The van der Waals surface area contributed by atoms with Crippen molar-refractivity contribution in [2.45, 2.75) is 32.1 Å². The molecule has 3 nitrogen and oxygen atoms in total. The van der Waals surface area contributed by atoms with Crippen molar-refractivity contribution in [2.24, 2.45) is 5.92 Å². The average molecular weight is 303 g/mol. The standard InChI is InChI=1S/C20H21N3/c21-20-19-17(16-8-4-5-9-18(16)23-20)12-15(13-22-19)11-10-14-6-2-1-3-7-14/h4-5,8-14H,1-3,6-7H2,(H2,21,23)/b11-10+. The third-order valence-electron chi connectivity index (χ3n) is 4.80. The highest BCUT2D eigenvalue weighted by atomic mass is 14.9. The molecule has 1 aliphatic rings. The van der Waals surface area contributed by atoms with Crippen molar-refractivity contribution in [3.8, 4) is 0 Å². The Kier molecular flexibility index (Phi) is 3.70. The molecule has 0 bridgehead atoms. The van der Waals surface area contributed by atoms with E-state index in [0.29, 0.717) is 5.82 Å². The van der Waals surface area contributed by atoms with E-state index in [0.717, 1.165) is 33.3 Å². The quantitative estimate of drug-likeness (QED) is 0.681. The molecule has 3 heteroatoms. The van der Waals surface area contributed by atoms with Gasteiger partial charge in [0, 0.05) is 17.0 Å². The molecular formula is C20H21N3. The van der Waals surface area contributed by atoms with E-state index in [1.165, 1.54) is 32.1 Å². The Morgan fingerprint density at radius 3 is 2.74 bits per heavy atom. The van der Waals surface area contributed by atoms with Crippen LogP contribution in [0.4, 0.5) is 5.82 Å². The zero-order chi connectivity index (χ0) is 15.6. The Morgan fingerprint density at radius 1 is 1.04 bits per heavy atom. The Morgan fingerprint density at radius 2 is 1.87 bits per heavy atom. The van der Waals surface area contributed by atoms with E-state index in [1.54, 1.807) is 0 Å². The van der Waals surface area contributed by atoms with Crippen LogP contribution in [-0.4, -0.2) is 9.97 Å². The molecule has 0 spiro atoms.